The fraction of sp³-hybridized carbons (Fsp3) is 0.192. The third-order valence-corrected chi connectivity index (χ3v) is 6.21. The number of thiazole rings is 1. The summed E-state index contributed by atoms with van der Waals surface area (Å²) in [5.41, 5.74) is 2.73. The van der Waals surface area contributed by atoms with Gasteiger partial charge in [-0.3, -0.25) is 9.78 Å². The third-order valence-electron chi connectivity index (χ3n) is 5.14. The quantitative estimate of drug-likeness (QED) is 0.279. The maximum atomic E-state index is 11.5. The fourth-order valence-corrected chi connectivity index (χ4v) is 4.45. The van der Waals surface area contributed by atoms with Crippen LogP contribution in [0.3, 0.4) is 0 Å². The van der Waals surface area contributed by atoms with Gasteiger partial charge in [0.05, 0.1) is 16.5 Å². The van der Waals surface area contributed by atoms with Gasteiger partial charge in [-0.05, 0) is 48.9 Å². The van der Waals surface area contributed by atoms with Crippen LogP contribution in [0, 0.1) is 5.92 Å². The van der Waals surface area contributed by atoms with Crippen molar-refractivity contribution in [2.45, 2.75) is 19.8 Å². The lowest BCUT2D eigenvalue weighted by molar-refractivity contribution is -0.141. The Balaban J connectivity index is 1.60. The number of anilines is 1. The molecule has 2 N–H and O–H groups in total. The van der Waals surface area contributed by atoms with Crippen LogP contribution in [-0.4, -0.2) is 27.6 Å². The molecule has 0 aliphatic carbocycles. The molecule has 1 atom stereocenters. The number of hydrogen-bond donors (Lipinski definition) is 2. The number of hydrogen-bond acceptors (Lipinski definition) is 6. The molecule has 0 radical (unpaired) electrons. The van der Waals surface area contributed by atoms with E-state index in [9.17, 15) is 9.90 Å². The number of nitrogens with one attached hydrogen (secondary N) is 1. The largest absolute Gasteiger partial charge is 0.481 e. The zero-order valence-corrected chi connectivity index (χ0v) is 19.1. The Morgan fingerprint density at radius 1 is 1.03 bits per heavy atom. The molecule has 2 aromatic heterocycles. The lowest BCUT2D eigenvalue weighted by Crippen LogP contribution is -2.22. The van der Waals surface area contributed by atoms with Gasteiger partial charge in [0, 0.05) is 30.1 Å². The normalized spacial score (nSPS) is 11.7. The second-order valence-electron chi connectivity index (χ2n) is 7.58. The molecule has 4 rings (SSSR count). The van der Waals surface area contributed by atoms with Crippen LogP contribution in [0.2, 0.25) is 0 Å². The van der Waals surface area contributed by atoms with E-state index in [4.69, 9.17) is 9.72 Å². The standard InChI is InChI=1S/C26H25N3O3S/c1-2-7-20(25(30)31)17-28-26-29-23(24(33-26)19-8-6-15-27-16-19)18-11-13-22(14-12-18)32-21-9-4-3-5-10-21/h3-6,8-16,20H,2,7,17H2,1H3,(H,28,29)(H,30,31). The summed E-state index contributed by atoms with van der Waals surface area (Å²) in [5, 5.41) is 13.4. The number of carboxylic acid groups (broad SMARTS) is 1. The van der Waals surface area contributed by atoms with E-state index in [0.717, 1.165) is 39.6 Å². The molecule has 0 aliphatic rings. The average molecular weight is 460 g/mol. The summed E-state index contributed by atoms with van der Waals surface area (Å²) in [4.78, 5) is 21.5. The Bertz CT molecular complexity index is 1180. The summed E-state index contributed by atoms with van der Waals surface area (Å²) >= 11 is 1.50. The highest BCUT2D eigenvalue weighted by atomic mass is 32.1. The van der Waals surface area contributed by atoms with Gasteiger partial charge in [0.1, 0.15) is 11.5 Å². The van der Waals surface area contributed by atoms with E-state index in [-0.39, 0.29) is 0 Å². The Morgan fingerprint density at radius 2 is 1.79 bits per heavy atom. The van der Waals surface area contributed by atoms with Crippen molar-refractivity contribution in [3.05, 3.63) is 79.1 Å². The minimum atomic E-state index is -0.789. The van der Waals surface area contributed by atoms with E-state index in [1.807, 2.05) is 79.9 Å². The molecule has 2 aromatic carbocycles. The lowest BCUT2D eigenvalue weighted by atomic mass is 10.0. The van der Waals surface area contributed by atoms with Crippen LogP contribution in [0.1, 0.15) is 19.8 Å². The molecular formula is C26H25N3O3S. The number of aromatic nitrogens is 2. The van der Waals surface area contributed by atoms with Gasteiger partial charge >= 0.3 is 5.97 Å². The molecule has 0 fully saturated rings. The smallest absolute Gasteiger partial charge is 0.308 e. The summed E-state index contributed by atoms with van der Waals surface area (Å²) in [6, 6.07) is 21.3. The van der Waals surface area contributed by atoms with E-state index in [1.165, 1.54) is 11.3 Å². The highest BCUT2D eigenvalue weighted by molar-refractivity contribution is 7.19. The summed E-state index contributed by atoms with van der Waals surface area (Å²) < 4.78 is 5.90. The molecule has 4 aromatic rings. The van der Waals surface area contributed by atoms with Crippen molar-refractivity contribution in [1.29, 1.82) is 0 Å². The highest BCUT2D eigenvalue weighted by Gasteiger charge is 2.19. The number of pyridine rings is 1. The molecule has 1 unspecified atom stereocenters. The number of rotatable bonds is 10. The summed E-state index contributed by atoms with van der Waals surface area (Å²) in [6.45, 7) is 2.33. The van der Waals surface area contributed by atoms with Gasteiger partial charge < -0.3 is 15.2 Å². The first-order valence-corrected chi connectivity index (χ1v) is 11.7. The van der Waals surface area contributed by atoms with E-state index in [2.05, 4.69) is 10.3 Å². The van der Waals surface area contributed by atoms with Crippen molar-refractivity contribution < 1.29 is 14.6 Å². The predicted octanol–water partition coefficient (Wildman–Crippen LogP) is 6.58. The van der Waals surface area contributed by atoms with Gasteiger partial charge in [-0.1, -0.05) is 48.9 Å². The fourth-order valence-electron chi connectivity index (χ4n) is 3.46. The van der Waals surface area contributed by atoms with Gasteiger partial charge in [0.15, 0.2) is 5.13 Å². The van der Waals surface area contributed by atoms with Crippen molar-refractivity contribution in [2.24, 2.45) is 5.92 Å². The molecule has 33 heavy (non-hydrogen) atoms. The Hall–Kier alpha value is -3.71. The van der Waals surface area contributed by atoms with Crippen LogP contribution in [-0.2, 0) is 4.79 Å². The molecule has 168 valence electrons. The maximum Gasteiger partial charge on any atom is 0.308 e. The first kappa shape index (κ1) is 22.5. The summed E-state index contributed by atoms with van der Waals surface area (Å²) in [6.07, 6.45) is 4.99. The number of para-hydroxylation sites is 1. The van der Waals surface area contributed by atoms with E-state index in [0.29, 0.717) is 18.1 Å². The van der Waals surface area contributed by atoms with Crippen molar-refractivity contribution in [2.75, 3.05) is 11.9 Å². The van der Waals surface area contributed by atoms with E-state index < -0.39 is 11.9 Å². The number of aliphatic carboxylic acids is 1. The number of benzene rings is 2. The van der Waals surface area contributed by atoms with Crippen molar-refractivity contribution in [3.63, 3.8) is 0 Å². The first-order chi connectivity index (χ1) is 16.1. The molecular weight excluding hydrogens is 434 g/mol. The minimum absolute atomic E-state index is 0.340. The molecule has 7 heteroatoms. The molecule has 0 amide bonds. The van der Waals surface area contributed by atoms with Gasteiger partial charge in [0.2, 0.25) is 0 Å². The highest BCUT2D eigenvalue weighted by Crippen LogP contribution is 2.39. The van der Waals surface area contributed by atoms with Crippen LogP contribution in [0.25, 0.3) is 21.7 Å². The molecule has 0 saturated heterocycles. The summed E-state index contributed by atoms with van der Waals surface area (Å²) in [7, 11) is 0. The monoisotopic (exact) mass is 459 g/mol. The van der Waals surface area contributed by atoms with Crippen LogP contribution in [0.5, 0.6) is 11.5 Å². The maximum absolute atomic E-state index is 11.5. The Labute approximate surface area is 196 Å². The van der Waals surface area contributed by atoms with Gasteiger partial charge in [-0.25, -0.2) is 4.98 Å². The third kappa shape index (κ3) is 5.75. The van der Waals surface area contributed by atoms with Crippen molar-refractivity contribution in [3.8, 4) is 33.2 Å². The van der Waals surface area contributed by atoms with Crippen LogP contribution < -0.4 is 10.1 Å². The number of nitrogens with zero attached hydrogens (tertiary/aromatic N) is 2. The Morgan fingerprint density at radius 3 is 2.45 bits per heavy atom. The number of ether oxygens (including phenoxy) is 1. The molecule has 6 nitrogen and oxygen atoms in total. The molecule has 0 bridgehead atoms. The van der Waals surface area contributed by atoms with Gasteiger partial charge in [-0.2, -0.15) is 0 Å². The number of carbonyl (C=O) groups is 1. The molecule has 0 aliphatic heterocycles. The van der Waals surface area contributed by atoms with Gasteiger partial charge in [-0.15, -0.1) is 0 Å². The van der Waals surface area contributed by atoms with Gasteiger partial charge in [0.25, 0.3) is 0 Å². The lowest BCUT2D eigenvalue weighted by Gasteiger charge is -2.11. The number of carboxylic acids is 1. The van der Waals surface area contributed by atoms with Crippen LogP contribution >= 0.6 is 11.3 Å². The second kappa shape index (κ2) is 10.7. The first-order valence-electron chi connectivity index (χ1n) is 10.8. The van der Waals surface area contributed by atoms with Crippen molar-refractivity contribution >= 4 is 22.4 Å². The zero-order chi connectivity index (χ0) is 23.0. The van der Waals surface area contributed by atoms with E-state index >= 15 is 0 Å². The SMILES string of the molecule is CCCC(CNc1nc(-c2ccc(Oc3ccccc3)cc2)c(-c2cccnc2)s1)C(=O)O. The van der Waals surface area contributed by atoms with E-state index in [1.54, 1.807) is 6.20 Å². The predicted molar refractivity (Wildman–Crippen MR) is 132 cm³/mol. The van der Waals surface area contributed by atoms with Crippen LogP contribution in [0.4, 0.5) is 5.13 Å². The summed E-state index contributed by atoms with van der Waals surface area (Å²) in [5.74, 6) is 0.285. The molecule has 0 spiro atoms. The topological polar surface area (TPSA) is 84.3 Å². The Kier molecular flexibility index (Phi) is 7.32. The molecule has 0 saturated carbocycles. The average Bonchev–Trinajstić information content (AvgIpc) is 3.27. The van der Waals surface area contributed by atoms with Crippen LogP contribution in [0.15, 0.2) is 79.1 Å². The second-order valence-corrected chi connectivity index (χ2v) is 8.58. The zero-order valence-electron chi connectivity index (χ0n) is 18.3. The minimum Gasteiger partial charge on any atom is -0.481 e. The van der Waals surface area contributed by atoms with Crippen molar-refractivity contribution in [1.82, 2.24) is 9.97 Å². The molecule has 2 heterocycles.